The van der Waals surface area contributed by atoms with E-state index in [9.17, 15) is 18.0 Å². The summed E-state index contributed by atoms with van der Waals surface area (Å²) in [6.45, 7) is 5.82. The summed E-state index contributed by atoms with van der Waals surface area (Å²) in [4.78, 5) is 29.1. The Kier molecular flexibility index (Phi) is 12.2. The SMILES string of the molecule is CC(C)CCNC(=O)[C@@H](Cc1ccccc1)N(Cc1ccc(Cl)cc1)C(=O)COc1ccc(S(=O)(=O)N2CCOCC2)cc1. The lowest BCUT2D eigenvalue weighted by Gasteiger charge is -2.31. The van der Waals surface area contributed by atoms with Gasteiger partial charge >= 0.3 is 0 Å². The van der Waals surface area contributed by atoms with Gasteiger partial charge in [0.05, 0.1) is 18.1 Å². The minimum absolute atomic E-state index is 0.142. The third-order valence-electron chi connectivity index (χ3n) is 7.35. The summed E-state index contributed by atoms with van der Waals surface area (Å²) in [6, 6.07) is 21.9. The molecular formula is C33H40ClN3O6S. The van der Waals surface area contributed by atoms with Gasteiger partial charge in [-0.05, 0) is 59.9 Å². The van der Waals surface area contributed by atoms with E-state index in [4.69, 9.17) is 21.1 Å². The maximum Gasteiger partial charge on any atom is 0.261 e. The fraction of sp³-hybridized carbons (Fsp3) is 0.394. The molecule has 44 heavy (non-hydrogen) atoms. The fourth-order valence-corrected chi connectivity index (χ4v) is 6.35. The van der Waals surface area contributed by atoms with Crippen LogP contribution in [0, 0.1) is 5.92 Å². The first-order chi connectivity index (χ1) is 21.1. The predicted octanol–water partition coefficient (Wildman–Crippen LogP) is 4.54. The van der Waals surface area contributed by atoms with Gasteiger partial charge in [0.2, 0.25) is 15.9 Å². The Morgan fingerprint density at radius 1 is 0.955 bits per heavy atom. The van der Waals surface area contributed by atoms with Crippen molar-refractivity contribution < 1.29 is 27.5 Å². The van der Waals surface area contributed by atoms with E-state index in [0.717, 1.165) is 17.5 Å². The normalized spacial score (nSPS) is 14.6. The molecule has 1 atom stereocenters. The van der Waals surface area contributed by atoms with Crippen LogP contribution in [0.25, 0.3) is 0 Å². The van der Waals surface area contributed by atoms with Crippen molar-refractivity contribution in [2.75, 3.05) is 39.5 Å². The van der Waals surface area contributed by atoms with Gasteiger partial charge in [-0.3, -0.25) is 9.59 Å². The van der Waals surface area contributed by atoms with Crippen molar-refractivity contribution in [3.05, 3.63) is 95.0 Å². The summed E-state index contributed by atoms with van der Waals surface area (Å²) in [5.41, 5.74) is 1.73. The summed E-state index contributed by atoms with van der Waals surface area (Å²) in [5, 5.41) is 3.59. The van der Waals surface area contributed by atoms with Crippen molar-refractivity contribution in [2.45, 2.75) is 44.2 Å². The number of rotatable bonds is 14. The Morgan fingerprint density at radius 3 is 2.25 bits per heavy atom. The van der Waals surface area contributed by atoms with Crippen LogP contribution in [0.5, 0.6) is 5.75 Å². The number of carbonyl (C=O) groups excluding carboxylic acids is 2. The number of amides is 2. The molecule has 0 unspecified atom stereocenters. The van der Waals surface area contributed by atoms with Gasteiger partial charge in [-0.25, -0.2) is 8.42 Å². The van der Waals surface area contributed by atoms with E-state index in [1.165, 1.54) is 33.5 Å². The van der Waals surface area contributed by atoms with Gasteiger partial charge in [-0.2, -0.15) is 4.31 Å². The highest BCUT2D eigenvalue weighted by atomic mass is 35.5. The molecule has 3 aromatic rings. The van der Waals surface area contributed by atoms with Gasteiger partial charge < -0.3 is 19.7 Å². The molecule has 1 aliphatic rings. The van der Waals surface area contributed by atoms with Gasteiger partial charge in [-0.1, -0.05) is 67.9 Å². The number of hydrogen-bond acceptors (Lipinski definition) is 6. The highest BCUT2D eigenvalue weighted by Crippen LogP contribution is 2.22. The number of ether oxygens (including phenoxy) is 2. The lowest BCUT2D eigenvalue weighted by Crippen LogP contribution is -2.52. The second-order valence-electron chi connectivity index (χ2n) is 11.1. The average Bonchev–Trinajstić information content (AvgIpc) is 3.03. The zero-order chi connectivity index (χ0) is 31.5. The number of sulfonamides is 1. The van der Waals surface area contributed by atoms with Crippen LogP contribution in [0.3, 0.4) is 0 Å². The van der Waals surface area contributed by atoms with Crippen LogP contribution in [-0.2, 0) is 37.3 Å². The van der Waals surface area contributed by atoms with Crippen LogP contribution >= 0.6 is 11.6 Å². The standard InChI is InChI=1S/C33H40ClN3O6S/c1-25(2)16-17-35-33(39)31(22-26-6-4-3-5-7-26)37(23-27-8-10-28(34)11-9-27)32(38)24-43-29-12-14-30(15-13-29)44(40,41)36-18-20-42-21-19-36/h3-15,25,31H,16-24H2,1-2H3,(H,35,39)/t31-/m1/s1. The molecule has 3 aromatic carbocycles. The molecule has 1 N–H and O–H groups in total. The van der Waals surface area contributed by atoms with Crippen LogP contribution in [0.2, 0.25) is 5.02 Å². The lowest BCUT2D eigenvalue weighted by atomic mass is 10.0. The zero-order valence-corrected chi connectivity index (χ0v) is 26.7. The van der Waals surface area contributed by atoms with Crippen molar-refractivity contribution >= 4 is 33.4 Å². The Bertz CT molecular complexity index is 1460. The first-order valence-corrected chi connectivity index (χ1v) is 16.6. The number of carbonyl (C=O) groups is 2. The molecule has 2 amide bonds. The fourth-order valence-electron chi connectivity index (χ4n) is 4.81. The van der Waals surface area contributed by atoms with Crippen LogP contribution in [0.15, 0.2) is 83.8 Å². The molecule has 0 spiro atoms. The minimum Gasteiger partial charge on any atom is -0.484 e. The molecule has 0 bridgehead atoms. The molecule has 0 aliphatic carbocycles. The molecule has 9 nitrogen and oxygen atoms in total. The topological polar surface area (TPSA) is 105 Å². The predicted molar refractivity (Wildman–Crippen MR) is 170 cm³/mol. The molecule has 236 valence electrons. The quantitative estimate of drug-likeness (QED) is 0.277. The van der Waals surface area contributed by atoms with Crippen molar-refractivity contribution in [1.29, 1.82) is 0 Å². The number of benzene rings is 3. The average molecular weight is 642 g/mol. The van der Waals surface area contributed by atoms with E-state index in [1.54, 1.807) is 12.1 Å². The van der Waals surface area contributed by atoms with Crippen LogP contribution in [0.4, 0.5) is 0 Å². The monoisotopic (exact) mass is 641 g/mol. The van der Waals surface area contributed by atoms with Crippen molar-refractivity contribution in [1.82, 2.24) is 14.5 Å². The van der Waals surface area contributed by atoms with Gasteiger partial charge in [0.1, 0.15) is 11.8 Å². The first kappa shape index (κ1) is 33.5. The highest BCUT2D eigenvalue weighted by molar-refractivity contribution is 7.89. The van der Waals surface area contributed by atoms with Crippen molar-refractivity contribution in [3.8, 4) is 5.75 Å². The van der Waals surface area contributed by atoms with Crippen LogP contribution in [-0.4, -0.2) is 74.9 Å². The Labute approximate surface area is 265 Å². The van der Waals surface area contributed by atoms with Gasteiger partial charge in [0.15, 0.2) is 6.61 Å². The van der Waals surface area contributed by atoms with E-state index in [1.807, 2.05) is 42.5 Å². The number of nitrogens with one attached hydrogen (secondary N) is 1. The molecule has 1 heterocycles. The van der Waals surface area contributed by atoms with E-state index >= 15 is 0 Å². The molecular weight excluding hydrogens is 602 g/mol. The van der Waals surface area contributed by atoms with E-state index < -0.39 is 16.1 Å². The van der Waals surface area contributed by atoms with E-state index in [-0.39, 0.29) is 29.9 Å². The molecule has 0 radical (unpaired) electrons. The summed E-state index contributed by atoms with van der Waals surface area (Å²) in [7, 11) is -3.66. The molecule has 1 aliphatic heterocycles. The van der Waals surface area contributed by atoms with Gasteiger partial charge in [-0.15, -0.1) is 0 Å². The second-order valence-corrected chi connectivity index (χ2v) is 13.5. The number of halogens is 1. The summed E-state index contributed by atoms with van der Waals surface area (Å²) in [6.07, 6.45) is 1.14. The van der Waals surface area contributed by atoms with Crippen LogP contribution in [0.1, 0.15) is 31.4 Å². The van der Waals surface area contributed by atoms with Gasteiger partial charge in [0, 0.05) is 37.6 Å². The third kappa shape index (κ3) is 9.53. The first-order valence-electron chi connectivity index (χ1n) is 14.8. The van der Waals surface area contributed by atoms with Crippen LogP contribution < -0.4 is 10.1 Å². The molecule has 1 saturated heterocycles. The summed E-state index contributed by atoms with van der Waals surface area (Å²) < 4.78 is 38.4. The van der Waals surface area contributed by atoms with Gasteiger partial charge in [0.25, 0.3) is 5.91 Å². The van der Waals surface area contributed by atoms with Crippen molar-refractivity contribution in [3.63, 3.8) is 0 Å². The lowest BCUT2D eigenvalue weighted by molar-refractivity contribution is -0.142. The Morgan fingerprint density at radius 2 is 1.61 bits per heavy atom. The number of hydrogen-bond donors (Lipinski definition) is 1. The maximum atomic E-state index is 13.8. The minimum atomic E-state index is -3.66. The number of morpholine rings is 1. The second kappa shape index (κ2) is 16.0. The Balaban J connectivity index is 1.53. The van der Waals surface area contributed by atoms with E-state index in [0.29, 0.717) is 56.0 Å². The highest BCUT2D eigenvalue weighted by Gasteiger charge is 2.31. The summed E-state index contributed by atoms with van der Waals surface area (Å²) >= 11 is 6.10. The molecule has 11 heteroatoms. The zero-order valence-electron chi connectivity index (χ0n) is 25.2. The molecule has 0 saturated carbocycles. The molecule has 0 aromatic heterocycles. The Hall–Kier alpha value is -3.44. The maximum absolute atomic E-state index is 13.8. The van der Waals surface area contributed by atoms with Crippen molar-refractivity contribution in [2.24, 2.45) is 5.92 Å². The van der Waals surface area contributed by atoms with E-state index in [2.05, 4.69) is 19.2 Å². The smallest absolute Gasteiger partial charge is 0.261 e. The largest absolute Gasteiger partial charge is 0.484 e. The molecule has 4 rings (SSSR count). The third-order valence-corrected chi connectivity index (χ3v) is 9.52. The molecule has 1 fully saturated rings. The number of nitrogens with zero attached hydrogens (tertiary/aromatic N) is 2. The summed E-state index contributed by atoms with van der Waals surface area (Å²) in [5.74, 6) is 0.129.